The molecular formula is C22H34N2O5. The Bertz CT molecular complexity index is 688. The van der Waals surface area contributed by atoms with Crippen LogP contribution in [0.3, 0.4) is 0 Å². The summed E-state index contributed by atoms with van der Waals surface area (Å²) in [4.78, 5) is 16.4. The molecule has 162 valence electrons. The van der Waals surface area contributed by atoms with Gasteiger partial charge in [0.1, 0.15) is 11.4 Å². The smallest absolute Gasteiger partial charge is 0.410 e. The van der Waals surface area contributed by atoms with E-state index in [1.54, 1.807) is 4.90 Å². The average Bonchev–Trinajstić information content (AvgIpc) is 3.12. The number of carbonyl (C=O) groups is 1. The van der Waals surface area contributed by atoms with Gasteiger partial charge in [0, 0.05) is 32.7 Å². The van der Waals surface area contributed by atoms with E-state index >= 15 is 0 Å². The van der Waals surface area contributed by atoms with E-state index in [9.17, 15) is 4.79 Å². The van der Waals surface area contributed by atoms with E-state index in [0.29, 0.717) is 12.5 Å². The van der Waals surface area contributed by atoms with E-state index in [-0.39, 0.29) is 12.9 Å². The summed E-state index contributed by atoms with van der Waals surface area (Å²) in [6.45, 7) is 10.5. The highest BCUT2D eigenvalue weighted by molar-refractivity contribution is 5.67. The Labute approximate surface area is 173 Å². The predicted octanol–water partition coefficient (Wildman–Crippen LogP) is 3.76. The fourth-order valence-electron chi connectivity index (χ4n) is 3.75. The lowest BCUT2D eigenvalue weighted by atomic mass is 9.97. The number of fused-ring (bicyclic) bond motifs is 1. The lowest BCUT2D eigenvalue weighted by molar-refractivity contribution is 0.0243. The Kier molecular flexibility index (Phi) is 7.11. The van der Waals surface area contributed by atoms with Gasteiger partial charge in [0.15, 0.2) is 11.5 Å². The molecule has 0 aromatic heterocycles. The number of rotatable bonds is 7. The number of likely N-dealkylation sites (tertiary alicyclic amines) is 1. The zero-order valence-electron chi connectivity index (χ0n) is 18.1. The van der Waals surface area contributed by atoms with Crippen LogP contribution in [0, 0.1) is 5.92 Å². The molecule has 1 aromatic carbocycles. The first-order valence-electron chi connectivity index (χ1n) is 10.5. The van der Waals surface area contributed by atoms with Crippen LogP contribution in [0.5, 0.6) is 17.2 Å². The number of piperidine rings is 1. The van der Waals surface area contributed by atoms with Gasteiger partial charge < -0.3 is 28.7 Å². The van der Waals surface area contributed by atoms with Crippen molar-refractivity contribution in [1.29, 1.82) is 0 Å². The number of benzene rings is 1. The molecule has 0 unspecified atom stereocenters. The highest BCUT2D eigenvalue weighted by Gasteiger charge is 2.25. The number of hydrogen-bond donors (Lipinski definition) is 0. The van der Waals surface area contributed by atoms with Crippen LogP contribution >= 0.6 is 0 Å². The van der Waals surface area contributed by atoms with E-state index in [0.717, 1.165) is 62.7 Å². The molecule has 0 spiro atoms. The molecule has 2 aliphatic heterocycles. The van der Waals surface area contributed by atoms with Gasteiger partial charge in [-0.25, -0.2) is 4.79 Å². The van der Waals surface area contributed by atoms with Crippen LogP contribution < -0.4 is 14.2 Å². The Morgan fingerprint density at radius 2 is 2.07 bits per heavy atom. The van der Waals surface area contributed by atoms with Crippen LogP contribution in [0.4, 0.5) is 4.79 Å². The van der Waals surface area contributed by atoms with Crippen LogP contribution in [0.1, 0.15) is 40.0 Å². The summed E-state index contributed by atoms with van der Waals surface area (Å²) >= 11 is 0. The monoisotopic (exact) mass is 406 g/mol. The number of carbonyl (C=O) groups excluding carboxylic acids is 1. The summed E-state index contributed by atoms with van der Waals surface area (Å²) in [5, 5.41) is 0. The molecule has 29 heavy (non-hydrogen) atoms. The quantitative estimate of drug-likeness (QED) is 0.643. The van der Waals surface area contributed by atoms with Gasteiger partial charge in [0.25, 0.3) is 0 Å². The van der Waals surface area contributed by atoms with E-state index in [1.165, 1.54) is 0 Å². The zero-order chi connectivity index (χ0) is 20.9. The third kappa shape index (κ3) is 6.70. The summed E-state index contributed by atoms with van der Waals surface area (Å²) in [5.41, 5.74) is -0.456. The zero-order valence-corrected chi connectivity index (χ0v) is 18.1. The van der Waals surface area contributed by atoms with Gasteiger partial charge in [-0.1, -0.05) is 0 Å². The minimum Gasteiger partial charge on any atom is -0.493 e. The average molecular weight is 407 g/mol. The topological polar surface area (TPSA) is 60.5 Å². The molecule has 0 radical (unpaired) electrons. The third-order valence-corrected chi connectivity index (χ3v) is 5.07. The van der Waals surface area contributed by atoms with Crippen molar-refractivity contribution in [3.05, 3.63) is 18.2 Å². The number of ether oxygens (including phenoxy) is 4. The Hall–Kier alpha value is -2.15. The summed E-state index contributed by atoms with van der Waals surface area (Å²) in [6, 6.07) is 5.68. The Morgan fingerprint density at radius 1 is 1.28 bits per heavy atom. The van der Waals surface area contributed by atoms with Gasteiger partial charge >= 0.3 is 6.09 Å². The SMILES string of the molecule is CN(C[C@H]1CCCN(CCCOc2ccc3c(c2)OCO3)C1)C(=O)OC(C)(C)C. The van der Waals surface area contributed by atoms with Crippen molar-refractivity contribution in [2.45, 2.75) is 45.6 Å². The first-order chi connectivity index (χ1) is 13.8. The predicted molar refractivity (Wildman–Crippen MR) is 111 cm³/mol. The van der Waals surface area contributed by atoms with Gasteiger partial charge in [0.2, 0.25) is 6.79 Å². The van der Waals surface area contributed by atoms with Crippen LogP contribution in [-0.2, 0) is 4.74 Å². The maximum Gasteiger partial charge on any atom is 0.410 e. The van der Waals surface area contributed by atoms with Crippen molar-refractivity contribution in [3.63, 3.8) is 0 Å². The second-order valence-corrected chi connectivity index (χ2v) is 8.89. The van der Waals surface area contributed by atoms with Gasteiger partial charge in [-0.05, 0) is 64.6 Å². The van der Waals surface area contributed by atoms with Crippen molar-refractivity contribution in [1.82, 2.24) is 9.80 Å². The number of hydrogen-bond acceptors (Lipinski definition) is 6. The molecule has 7 heteroatoms. The van der Waals surface area contributed by atoms with Gasteiger partial charge in [-0.3, -0.25) is 0 Å². The first-order valence-corrected chi connectivity index (χ1v) is 10.5. The van der Waals surface area contributed by atoms with Crippen LogP contribution in [-0.4, -0.2) is 68.1 Å². The standard InChI is InChI=1S/C22H34N2O5/c1-22(2,3)29-21(25)23(4)14-17-7-5-10-24(15-17)11-6-12-26-18-8-9-19-20(13-18)28-16-27-19/h8-9,13,17H,5-7,10-12,14-16H2,1-4H3/t17-/m1/s1. The van der Waals surface area contributed by atoms with E-state index in [1.807, 2.05) is 46.0 Å². The molecule has 1 saturated heterocycles. The summed E-state index contributed by atoms with van der Waals surface area (Å²) in [6.07, 6.45) is 3.03. The molecule has 2 aliphatic rings. The molecule has 1 aromatic rings. The highest BCUT2D eigenvalue weighted by atomic mass is 16.7. The summed E-state index contributed by atoms with van der Waals surface area (Å²) in [7, 11) is 1.83. The second-order valence-electron chi connectivity index (χ2n) is 8.89. The normalized spacial score (nSPS) is 19.1. The number of nitrogens with zero attached hydrogens (tertiary/aromatic N) is 2. The third-order valence-electron chi connectivity index (χ3n) is 5.07. The van der Waals surface area contributed by atoms with Crippen molar-refractivity contribution in [3.8, 4) is 17.2 Å². The molecule has 0 bridgehead atoms. The van der Waals surface area contributed by atoms with E-state index in [4.69, 9.17) is 18.9 Å². The molecule has 1 atom stereocenters. The molecule has 0 saturated carbocycles. The number of amides is 1. The molecular weight excluding hydrogens is 372 g/mol. The van der Waals surface area contributed by atoms with Gasteiger partial charge in [-0.2, -0.15) is 0 Å². The summed E-state index contributed by atoms with van der Waals surface area (Å²) < 4.78 is 22.0. The maximum atomic E-state index is 12.2. The molecule has 1 fully saturated rings. The lowest BCUT2D eigenvalue weighted by Gasteiger charge is -2.35. The molecule has 3 rings (SSSR count). The lowest BCUT2D eigenvalue weighted by Crippen LogP contribution is -2.43. The van der Waals surface area contributed by atoms with Crippen LogP contribution in [0.15, 0.2) is 18.2 Å². The largest absolute Gasteiger partial charge is 0.493 e. The summed E-state index contributed by atoms with van der Waals surface area (Å²) in [5.74, 6) is 2.81. The minimum absolute atomic E-state index is 0.244. The van der Waals surface area contributed by atoms with Crippen molar-refractivity contribution >= 4 is 6.09 Å². The first kappa shape index (κ1) is 21.6. The van der Waals surface area contributed by atoms with E-state index < -0.39 is 5.60 Å². The molecule has 0 aliphatic carbocycles. The van der Waals surface area contributed by atoms with Crippen molar-refractivity contribution in [2.75, 3.05) is 46.6 Å². The maximum absolute atomic E-state index is 12.2. The van der Waals surface area contributed by atoms with Crippen molar-refractivity contribution in [2.24, 2.45) is 5.92 Å². The van der Waals surface area contributed by atoms with Gasteiger partial charge in [-0.15, -0.1) is 0 Å². The van der Waals surface area contributed by atoms with E-state index in [2.05, 4.69) is 4.90 Å². The van der Waals surface area contributed by atoms with Gasteiger partial charge in [0.05, 0.1) is 6.61 Å². The van der Waals surface area contributed by atoms with Crippen molar-refractivity contribution < 1.29 is 23.7 Å². The molecule has 1 amide bonds. The fourth-order valence-corrected chi connectivity index (χ4v) is 3.75. The Balaban J connectivity index is 1.36. The van der Waals surface area contributed by atoms with Crippen LogP contribution in [0.25, 0.3) is 0 Å². The molecule has 2 heterocycles. The fraction of sp³-hybridized carbons (Fsp3) is 0.682. The highest BCUT2D eigenvalue weighted by Crippen LogP contribution is 2.35. The molecule has 7 nitrogen and oxygen atoms in total. The minimum atomic E-state index is -0.456. The Morgan fingerprint density at radius 3 is 2.86 bits per heavy atom. The second kappa shape index (κ2) is 9.57. The molecule has 0 N–H and O–H groups in total. The van der Waals surface area contributed by atoms with Crippen LogP contribution in [0.2, 0.25) is 0 Å².